The van der Waals surface area contributed by atoms with Crippen LogP contribution in [0.15, 0.2) is 27.6 Å². The largest absolute Gasteiger partial charge is 0.332 e. The molecule has 3 aromatic rings. The molecule has 0 spiro atoms. The topological polar surface area (TPSA) is 89.6 Å². The molecule has 0 aromatic carbocycles. The van der Waals surface area contributed by atoms with Crippen molar-refractivity contribution < 1.29 is 4.52 Å². The lowest BCUT2D eigenvalue weighted by molar-refractivity contribution is 0.304. The minimum absolute atomic E-state index is 0.196. The fraction of sp³-hybridized carbons (Fsp3) is 0.444. The predicted octanol–water partition coefficient (Wildman–Crippen LogP) is 2.82. The minimum atomic E-state index is -0.196. The number of aromatic nitrogens is 5. The second-order valence-corrected chi connectivity index (χ2v) is 7.30. The number of nitrogens with zero attached hydrogens (tertiary/aromatic N) is 4. The number of pyridine rings is 1. The van der Waals surface area contributed by atoms with E-state index in [1.54, 1.807) is 12.3 Å². The number of fused-ring (bicyclic) bond motifs is 1. The molecule has 7 heteroatoms. The van der Waals surface area contributed by atoms with Crippen molar-refractivity contribution in [3.05, 3.63) is 39.9 Å². The van der Waals surface area contributed by atoms with Crippen LogP contribution in [0, 0.1) is 5.41 Å². The number of nitrogens with one attached hydrogen (secondary N) is 1. The van der Waals surface area contributed by atoms with Gasteiger partial charge < -0.3 is 9.51 Å². The zero-order valence-corrected chi connectivity index (χ0v) is 14.7. The van der Waals surface area contributed by atoms with Crippen molar-refractivity contribution in [1.29, 1.82) is 0 Å². The Hall–Kier alpha value is -2.70. The molecule has 25 heavy (non-hydrogen) atoms. The Morgan fingerprint density at radius 1 is 1.40 bits per heavy atom. The van der Waals surface area contributed by atoms with E-state index < -0.39 is 0 Å². The monoisotopic (exact) mass is 339 g/mol. The average molecular weight is 339 g/mol. The van der Waals surface area contributed by atoms with Gasteiger partial charge in [-0.1, -0.05) is 19.0 Å². The zero-order valence-electron chi connectivity index (χ0n) is 14.7. The molecule has 1 aliphatic rings. The van der Waals surface area contributed by atoms with Crippen LogP contribution in [-0.2, 0) is 19.4 Å². The molecule has 0 unspecified atom stereocenters. The third-order valence-electron chi connectivity index (χ3n) is 4.83. The number of aryl methyl sites for hydroxylation is 1. The second-order valence-electron chi connectivity index (χ2n) is 7.30. The van der Waals surface area contributed by atoms with Crippen LogP contribution in [0.1, 0.15) is 38.4 Å². The number of rotatable bonds is 3. The Kier molecular flexibility index (Phi) is 3.59. The normalized spacial score (nSPS) is 16.0. The molecule has 0 saturated heterocycles. The summed E-state index contributed by atoms with van der Waals surface area (Å²) in [5.74, 6) is 0.815. The first-order valence-electron chi connectivity index (χ1n) is 8.58. The highest BCUT2D eigenvalue weighted by Gasteiger charge is 2.32. The Morgan fingerprint density at radius 3 is 3.00 bits per heavy atom. The molecular weight excluding hydrogens is 318 g/mol. The van der Waals surface area contributed by atoms with Crippen molar-refractivity contribution in [2.45, 2.75) is 46.6 Å². The van der Waals surface area contributed by atoms with Crippen molar-refractivity contribution in [2.75, 3.05) is 0 Å². The Bertz CT molecular complexity index is 980. The van der Waals surface area contributed by atoms with Crippen molar-refractivity contribution in [3.63, 3.8) is 0 Å². The summed E-state index contributed by atoms with van der Waals surface area (Å²) in [5.41, 5.74) is 3.97. The Morgan fingerprint density at radius 2 is 2.24 bits per heavy atom. The maximum absolute atomic E-state index is 11.5. The van der Waals surface area contributed by atoms with E-state index in [2.05, 4.69) is 35.9 Å². The van der Waals surface area contributed by atoms with Gasteiger partial charge in [-0.3, -0.25) is 9.48 Å². The highest BCUT2D eigenvalue weighted by atomic mass is 16.5. The van der Waals surface area contributed by atoms with E-state index in [1.165, 1.54) is 17.3 Å². The molecular formula is C18H21N5O2. The van der Waals surface area contributed by atoms with E-state index in [4.69, 9.17) is 9.62 Å². The predicted molar refractivity (Wildman–Crippen MR) is 93.1 cm³/mol. The van der Waals surface area contributed by atoms with Gasteiger partial charge in [0.05, 0.1) is 0 Å². The summed E-state index contributed by atoms with van der Waals surface area (Å²) in [6, 6.07) is 3.20. The summed E-state index contributed by atoms with van der Waals surface area (Å²) in [7, 11) is 0. The van der Waals surface area contributed by atoms with Crippen LogP contribution < -0.4 is 5.56 Å². The van der Waals surface area contributed by atoms with E-state index >= 15 is 0 Å². The van der Waals surface area contributed by atoms with Gasteiger partial charge in [0.1, 0.15) is 0 Å². The first-order chi connectivity index (χ1) is 12.0. The number of aromatic amines is 1. The van der Waals surface area contributed by atoms with Gasteiger partial charge in [-0.2, -0.15) is 10.1 Å². The SMILES string of the molecule is CCn1nc(-c2nc(-c3cc[nH]c(=O)c3)no2)c2c1CC(C)(C)CC2. The standard InChI is InChI=1S/C18H21N5O2/c1-4-23-13-10-18(2,3)7-5-12(13)15(21-23)17-20-16(22-25-17)11-6-8-19-14(24)9-11/h6,8-9H,4-5,7,10H2,1-3H3,(H,19,24). The van der Waals surface area contributed by atoms with Crippen molar-refractivity contribution in [2.24, 2.45) is 5.41 Å². The third-order valence-corrected chi connectivity index (χ3v) is 4.83. The van der Waals surface area contributed by atoms with E-state index in [1.807, 2.05) is 4.68 Å². The van der Waals surface area contributed by atoms with E-state index in [0.29, 0.717) is 17.3 Å². The molecule has 3 heterocycles. The van der Waals surface area contributed by atoms with Crippen LogP contribution in [0.5, 0.6) is 0 Å². The van der Waals surface area contributed by atoms with Crippen LogP contribution in [0.3, 0.4) is 0 Å². The fourth-order valence-corrected chi connectivity index (χ4v) is 3.45. The minimum Gasteiger partial charge on any atom is -0.332 e. The van der Waals surface area contributed by atoms with Gasteiger partial charge >= 0.3 is 0 Å². The maximum atomic E-state index is 11.5. The average Bonchev–Trinajstić information content (AvgIpc) is 3.18. The van der Waals surface area contributed by atoms with Crippen LogP contribution in [0.4, 0.5) is 0 Å². The molecule has 0 atom stereocenters. The third kappa shape index (κ3) is 2.79. The summed E-state index contributed by atoms with van der Waals surface area (Å²) in [5, 5.41) is 8.75. The van der Waals surface area contributed by atoms with Crippen LogP contribution in [0.2, 0.25) is 0 Å². The van der Waals surface area contributed by atoms with Crippen molar-refractivity contribution in [1.82, 2.24) is 24.9 Å². The zero-order chi connectivity index (χ0) is 17.6. The van der Waals surface area contributed by atoms with Gasteiger partial charge in [-0.05, 0) is 37.7 Å². The summed E-state index contributed by atoms with van der Waals surface area (Å²) < 4.78 is 7.52. The Balaban J connectivity index is 1.77. The molecule has 3 aromatic heterocycles. The number of hydrogen-bond donors (Lipinski definition) is 1. The van der Waals surface area contributed by atoms with E-state index in [-0.39, 0.29) is 11.0 Å². The molecule has 1 aliphatic carbocycles. The van der Waals surface area contributed by atoms with Crippen molar-refractivity contribution in [3.8, 4) is 23.0 Å². The lowest BCUT2D eigenvalue weighted by Gasteiger charge is -2.30. The van der Waals surface area contributed by atoms with E-state index in [9.17, 15) is 4.79 Å². The lowest BCUT2D eigenvalue weighted by atomic mass is 9.76. The second kappa shape index (κ2) is 5.68. The molecule has 0 radical (unpaired) electrons. The number of H-pyrrole nitrogens is 1. The maximum Gasteiger partial charge on any atom is 0.279 e. The molecule has 4 rings (SSSR count). The number of hydrogen-bond acceptors (Lipinski definition) is 5. The first kappa shape index (κ1) is 15.8. The summed E-state index contributed by atoms with van der Waals surface area (Å²) >= 11 is 0. The molecule has 0 bridgehead atoms. The van der Waals surface area contributed by atoms with Crippen LogP contribution in [-0.4, -0.2) is 24.9 Å². The van der Waals surface area contributed by atoms with Gasteiger partial charge in [0, 0.05) is 35.6 Å². The summed E-state index contributed by atoms with van der Waals surface area (Å²) in [6.07, 6.45) is 4.64. The Labute approximate surface area is 145 Å². The van der Waals surface area contributed by atoms with Gasteiger partial charge in [-0.25, -0.2) is 0 Å². The fourth-order valence-electron chi connectivity index (χ4n) is 3.45. The lowest BCUT2D eigenvalue weighted by Crippen LogP contribution is -2.24. The van der Waals surface area contributed by atoms with Crippen molar-refractivity contribution >= 4 is 0 Å². The molecule has 1 N–H and O–H groups in total. The molecule has 0 aliphatic heterocycles. The molecule has 0 amide bonds. The van der Waals surface area contributed by atoms with E-state index in [0.717, 1.165) is 31.5 Å². The van der Waals surface area contributed by atoms with Crippen LogP contribution in [0.25, 0.3) is 23.0 Å². The quantitative estimate of drug-likeness (QED) is 0.792. The summed E-state index contributed by atoms with van der Waals surface area (Å²) in [6.45, 7) is 7.49. The van der Waals surface area contributed by atoms with Gasteiger partial charge in [0.25, 0.3) is 5.89 Å². The molecule has 130 valence electrons. The molecule has 0 saturated carbocycles. The highest BCUT2D eigenvalue weighted by molar-refractivity contribution is 5.60. The van der Waals surface area contributed by atoms with Gasteiger partial charge in [0.15, 0.2) is 5.69 Å². The molecule has 0 fully saturated rings. The van der Waals surface area contributed by atoms with Gasteiger partial charge in [0.2, 0.25) is 11.4 Å². The summed E-state index contributed by atoms with van der Waals surface area (Å²) in [4.78, 5) is 18.5. The molecule has 7 nitrogen and oxygen atoms in total. The van der Waals surface area contributed by atoms with Crippen LogP contribution >= 0.6 is 0 Å². The smallest absolute Gasteiger partial charge is 0.279 e. The van der Waals surface area contributed by atoms with Gasteiger partial charge in [-0.15, -0.1) is 0 Å². The highest BCUT2D eigenvalue weighted by Crippen LogP contribution is 2.38. The first-order valence-corrected chi connectivity index (χ1v) is 8.58.